The number of rotatable bonds is 7. The second-order valence-electron chi connectivity index (χ2n) is 6.99. The summed E-state index contributed by atoms with van der Waals surface area (Å²) in [7, 11) is 3.68. The van der Waals surface area contributed by atoms with Gasteiger partial charge >= 0.3 is 0 Å². The summed E-state index contributed by atoms with van der Waals surface area (Å²) in [6, 6.07) is 0. The molecule has 21 heavy (non-hydrogen) atoms. The third-order valence-electron chi connectivity index (χ3n) is 5.26. The van der Waals surface area contributed by atoms with E-state index in [1.807, 2.05) is 7.05 Å². The lowest BCUT2D eigenvalue weighted by Crippen LogP contribution is -2.36. The zero-order valence-corrected chi connectivity index (χ0v) is 14.0. The van der Waals surface area contributed by atoms with Crippen molar-refractivity contribution in [2.24, 2.45) is 24.3 Å². The van der Waals surface area contributed by atoms with Gasteiger partial charge in [0.1, 0.15) is 5.15 Å². The van der Waals surface area contributed by atoms with Crippen LogP contribution >= 0.6 is 11.6 Å². The summed E-state index contributed by atoms with van der Waals surface area (Å²) in [4.78, 5) is 0. The summed E-state index contributed by atoms with van der Waals surface area (Å²) in [6.07, 6.45) is 5.17. The van der Waals surface area contributed by atoms with Crippen molar-refractivity contribution in [2.75, 3.05) is 26.8 Å². The number of hydrogen-bond acceptors (Lipinski definition) is 3. The van der Waals surface area contributed by atoms with Crippen LogP contribution in [0, 0.1) is 24.2 Å². The molecule has 0 radical (unpaired) electrons. The van der Waals surface area contributed by atoms with Crippen molar-refractivity contribution in [3.63, 3.8) is 0 Å². The molecule has 2 aliphatic rings. The number of ether oxygens (including phenoxy) is 1. The van der Waals surface area contributed by atoms with E-state index in [1.54, 1.807) is 11.8 Å². The molecule has 0 bridgehead atoms. The van der Waals surface area contributed by atoms with Gasteiger partial charge in [-0.2, -0.15) is 5.10 Å². The van der Waals surface area contributed by atoms with Gasteiger partial charge in [-0.1, -0.05) is 11.6 Å². The number of methoxy groups -OCH3 is 1. The molecule has 1 aromatic rings. The molecule has 5 heteroatoms. The summed E-state index contributed by atoms with van der Waals surface area (Å²) in [5, 5.41) is 8.86. The first-order valence-electron chi connectivity index (χ1n) is 7.92. The van der Waals surface area contributed by atoms with Crippen molar-refractivity contribution in [3.8, 4) is 0 Å². The average Bonchev–Trinajstić information content (AvgIpc) is 3.00. The molecule has 2 aliphatic carbocycles. The molecule has 1 heterocycles. The maximum absolute atomic E-state index is 6.45. The van der Waals surface area contributed by atoms with E-state index in [0.29, 0.717) is 5.41 Å². The summed E-state index contributed by atoms with van der Waals surface area (Å²) in [5.41, 5.74) is 2.69. The minimum atomic E-state index is 0.360. The summed E-state index contributed by atoms with van der Waals surface area (Å²) < 4.78 is 6.93. The van der Waals surface area contributed by atoms with Gasteiger partial charge in [0.2, 0.25) is 0 Å². The van der Waals surface area contributed by atoms with Crippen molar-refractivity contribution < 1.29 is 4.74 Å². The molecule has 0 spiro atoms. The maximum atomic E-state index is 6.45. The molecular weight excluding hydrogens is 286 g/mol. The molecule has 4 nitrogen and oxygen atoms in total. The Balaban J connectivity index is 1.70. The van der Waals surface area contributed by atoms with E-state index in [-0.39, 0.29) is 0 Å². The van der Waals surface area contributed by atoms with E-state index >= 15 is 0 Å². The summed E-state index contributed by atoms with van der Waals surface area (Å²) in [6.45, 7) is 4.83. The van der Waals surface area contributed by atoms with Gasteiger partial charge in [0.15, 0.2) is 0 Å². The Labute approximate surface area is 132 Å². The van der Waals surface area contributed by atoms with Gasteiger partial charge in [-0.3, -0.25) is 4.68 Å². The number of halogens is 1. The molecule has 3 rings (SSSR count). The number of aryl methyl sites for hydroxylation is 2. The fraction of sp³-hybridized carbons (Fsp3) is 0.812. The van der Waals surface area contributed by atoms with E-state index in [9.17, 15) is 0 Å². The van der Waals surface area contributed by atoms with Crippen molar-refractivity contribution in [1.82, 2.24) is 15.1 Å². The van der Waals surface area contributed by atoms with Crippen LogP contribution < -0.4 is 5.32 Å². The van der Waals surface area contributed by atoms with Gasteiger partial charge in [0.25, 0.3) is 0 Å². The highest BCUT2D eigenvalue weighted by Gasteiger charge is 2.53. The molecule has 0 saturated heterocycles. The molecule has 0 aliphatic heterocycles. The second kappa shape index (κ2) is 5.90. The van der Waals surface area contributed by atoms with Crippen molar-refractivity contribution >= 4 is 11.6 Å². The lowest BCUT2D eigenvalue weighted by molar-refractivity contribution is 0.186. The Hall–Kier alpha value is -0.580. The van der Waals surface area contributed by atoms with Gasteiger partial charge in [0.05, 0.1) is 12.3 Å². The van der Waals surface area contributed by atoms with E-state index in [0.717, 1.165) is 48.8 Å². The summed E-state index contributed by atoms with van der Waals surface area (Å²) >= 11 is 6.45. The van der Waals surface area contributed by atoms with E-state index in [4.69, 9.17) is 16.3 Å². The Bertz CT molecular complexity index is 504. The molecule has 1 N–H and O–H groups in total. The first-order valence-corrected chi connectivity index (χ1v) is 8.30. The van der Waals surface area contributed by atoms with Crippen LogP contribution in [-0.2, 0) is 18.2 Å². The lowest BCUT2D eigenvalue weighted by Gasteiger charge is -2.31. The third kappa shape index (κ3) is 3.13. The maximum Gasteiger partial charge on any atom is 0.130 e. The van der Waals surface area contributed by atoms with Crippen LogP contribution in [0.5, 0.6) is 0 Å². The first kappa shape index (κ1) is 15.3. The molecular formula is C16H26ClN3O. The topological polar surface area (TPSA) is 39.1 Å². The highest BCUT2D eigenvalue weighted by atomic mass is 35.5. The first-order chi connectivity index (χ1) is 10.0. The van der Waals surface area contributed by atoms with Gasteiger partial charge in [0, 0.05) is 32.8 Å². The Morgan fingerprint density at radius 3 is 2.71 bits per heavy atom. The van der Waals surface area contributed by atoms with Gasteiger partial charge in [-0.05, 0) is 49.9 Å². The highest BCUT2D eigenvalue weighted by Crippen LogP contribution is 2.60. The molecule has 2 fully saturated rings. The van der Waals surface area contributed by atoms with Crippen LogP contribution in [-0.4, -0.2) is 36.6 Å². The van der Waals surface area contributed by atoms with Gasteiger partial charge < -0.3 is 10.1 Å². The number of nitrogens with one attached hydrogen (secondary N) is 1. The number of nitrogens with zero attached hydrogens (tertiary/aromatic N) is 2. The molecule has 118 valence electrons. The number of fused-ring (bicyclic) bond motifs is 1. The van der Waals surface area contributed by atoms with Crippen LogP contribution in [0.2, 0.25) is 5.15 Å². The fourth-order valence-corrected chi connectivity index (χ4v) is 4.38. The Morgan fingerprint density at radius 1 is 1.43 bits per heavy atom. The molecule has 0 amide bonds. The molecule has 0 aromatic carbocycles. The Morgan fingerprint density at radius 2 is 2.14 bits per heavy atom. The smallest absolute Gasteiger partial charge is 0.130 e. The number of aromatic nitrogens is 2. The standard InChI is InChI=1S/C16H26ClN3O/c1-11-14(15(17)20(2)19-11)9-16(10-18-4-5-21-3)7-12-6-13(12)8-16/h12-13,18H,4-10H2,1-3H3. The van der Waals surface area contributed by atoms with Gasteiger partial charge in [-0.25, -0.2) is 0 Å². The third-order valence-corrected chi connectivity index (χ3v) is 5.74. The van der Waals surface area contributed by atoms with Crippen LogP contribution in [0.25, 0.3) is 0 Å². The van der Waals surface area contributed by atoms with Crippen LogP contribution in [0.15, 0.2) is 0 Å². The quantitative estimate of drug-likeness (QED) is 0.787. The second-order valence-corrected chi connectivity index (χ2v) is 7.35. The molecule has 2 saturated carbocycles. The highest BCUT2D eigenvalue weighted by molar-refractivity contribution is 6.30. The molecule has 2 unspecified atom stereocenters. The monoisotopic (exact) mass is 311 g/mol. The van der Waals surface area contributed by atoms with Crippen LogP contribution in [0.4, 0.5) is 0 Å². The SMILES string of the molecule is COCCNCC1(Cc2c(C)nn(C)c2Cl)CC2CC2C1. The summed E-state index contributed by atoms with van der Waals surface area (Å²) in [5.74, 6) is 1.93. The number of hydrogen-bond donors (Lipinski definition) is 1. The minimum Gasteiger partial charge on any atom is -0.383 e. The Kier molecular flexibility index (Phi) is 4.30. The van der Waals surface area contributed by atoms with Crippen molar-refractivity contribution in [3.05, 3.63) is 16.4 Å². The van der Waals surface area contributed by atoms with Crippen LogP contribution in [0.3, 0.4) is 0 Å². The van der Waals surface area contributed by atoms with E-state index in [1.165, 1.54) is 24.8 Å². The predicted molar refractivity (Wildman–Crippen MR) is 84.7 cm³/mol. The molecule has 2 atom stereocenters. The van der Waals surface area contributed by atoms with Gasteiger partial charge in [-0.15, -0.1) is 0 Å². The van der Waals surface area contributed by atoms with Crippen LogP contribution in [0.1, 0.15) is 30.5 Å². The normalized spacial score (nSPS) is 30.7. The van der Waals surface area contributed by atoms with Crippen molar-refractivity contribution in [2.45, 2.75) is 32.6 Å². The van der Waals surface area contributed by atoms with E-state index in [2.05, 4.69) is 17.3 Å². The molecule has 1 aromatic heterocycles. The average molecular weight is 312 g/mol. The lowest BCUT2D eigenvalue weighted by atomic mass is 9.77. The van der Waals surface area contributed by atoms with E-state index < -0.39 is 0 Å². The zero-order chi connectivity index (χ0) is 15.0. The largest absolute Gasteiger partial charge is 0.383 e. The predicted octanol–water partition coefficient (Wildman–Crippen LogP) is 2.58. The van der Waals surface area contributed by atoms with Crippen molar-refractivity contribution in [1.29, 1.82) is 0 Å². The fourth-order valence-electron chi connectivity index (χ4n) is 4.13. The minimum absolute atomic E-state index is 0.360. The zero-order valence-electron chi connectivity index (χ0n) is 13.3.